The van der Waals surface area contributed by atoms with Gasteiger partial charge in [0.2, 0.25) is 0 Å². The number of esters is 1. The molecule has 0 aliphatic rings. The largest absolute Gasteiger partial charge is 0.454 e. The molecule has 3 rings (SSSR count). The van der Waals surface area contributed by atoms with E-state index in [-0.39, 0.29) is 12.4 Å². The van der Waals surface area contributed by atoms with Crippen LogP contribution in [-0.4, -0.2) is 22.9 Å². The van der Waals surface area contributed by atoms with Gasteiger partial charge in [0, 0.05) is 21.8 Å². The van der Waals surface area contributed by atoms with Crippen molar-refractivity contribution >= 4 is 23.1 Å². The molecule has 0 unspecified atom stereocenters. The van der Waals surface area contributed by atoms with Crippen molar-refractivity contribution in [3.63, 3.8) is 0 Å². The van der Waals surface area contributed by atoms with Crippen LogP contribution < -0.4 is 0 Å². The van der Waals surface area contributed by atoms with Crippen LogP contribution in [0.4, 0.5) is 4.39 Å². The lowest BCUT2D eigenvalue weighted by atomic mass is 10.1. The highest BCUT2D eigenvalue weighted by atomic mass is 32.1. The van der Waals surface area contributed by atoms with Gasteiger partial charge in [-0.3, -0.25) is 4.79 Å². The molecule has 134 valence electrons. The number of benzene rings is 1. The van der Waals surface area contributed by atoms with Crippen LogP contribution in [0.1, 0.15) is 37.0 Å². The van der Waals surface area contributed by atoms with Crippen LogP contribution in [0.3, 0.4) is 0 Å². The molecule has 0 fully saturated rings. The number of ketones is 1. The SMILES string of the molecule is Cc1cc(C(=O)OCC(=O)c2ccc(F)cc2)c(C)n1Cc1cccs1. The van der Waals surface area contributed by atoms with Crippen molar-refractivity contribution in [2.24, 2.45) is 0 Å². The summed E-state index contributed by atoms with van der Waals surface area (Å²) in [6, 6.07) is 11.0. The maximum atomic E-state index is 12.9. The van der Waals surface area contributed by atoms with Crippen LogP contribution in [0.15, 0.2) is 47.8 Å². The second-order valence-corrected chi connectivity index (χ2v) is 6.99. The number of carbonyl (C=O) groups is 2. The average molecular weight is 371 g/mol. The summed E-state index contributed by atoms with van der Waals surface area (Å²) < 4.78 is 20.1. The first-order valence-corrected chi connectivity index (χ1v) is 8.98. The van der Waals surface area contributed by atoms with Crippen LogP contribution in [0, 0.1) is 19.7 Å². The third kappa shape index (κ3) is 3.91. The Morgan fingerprint density at radius 3 is 2.54 bits per heavy atom. The summed E-state index contributed by atoms with van der Waals surface area (Å²) >= 11 is 1.66. The van der Waals surface area contributed by atoms with E-state index in [1.165, 1.54) is 29.1 Å². The molecule has 0 radical (unpaired) electrons. The fraction of sp³-hybridized carbons (Fsp3) is 0.200. The predicted octanol–water partition coefficient (Wildman–Crippen LogP) is 4.39. The lowest BCUT2D eigenvalue weighted by Crippen LogP contribution is -2.15. The Labute approximate surface area is 154 Å². The number of thiophene rings is 1. The zero-order chi connectivity index (χ0) is 18.7. The monoisotopic (exact) mass is 371 g/mol. The number of nitrogens with zero attached hydrogens (tertiary/aromatic N) is 1. The van der Waals surface area contributed by atoms with Gasteiger partial charge < -0.3 is 9.30 Å². The third-order valence-corrected chi connectivity index (χ3v) is 5.05. The Balaban J connectivity index is 1.68. The summed E-state index contributed by atoms with van der Waals surface area (Å²) in [4.78, 5) is 25.6. The molecule has 0 aliphatic carbocycles. The summed E-state index contributed by atoms with van der Waals surface area (Å²) in [5.74, 6) is -1.33. The molecular weight excluding hydrogens is 353 g/mol. The first-order chi connectivity index (χ1) is 12.5. The van der Waals surface area contributed by atoms with Gasteiger partial charge in [0.25, 0.3) is 0 Å². The van der Waals surface area contributed by atoms with Gasteiger partial charge in [0.15, 0.2) is 12.4 Å². The maximum absolute atomic E-state index is 12.9. The second-order valence-electron chi connectivity index (χ2n) is 5.96. The number of Topliss-reactive ketones (excluding diaryl/α,β-unsaturated/α-hetero) is 1. The molecule has 0 aliphatic heterocycles. The van der Waals surface area contributed by atoms with E-state index in [4.69, 9.17) is 4.74 Å². The van der Waals surface area contributed by atoms with E-state index in [2.05, 4.69) is 0 Å². The first-order valence-electron chi connectivity index (χ1n) is 8.10. The van der Waals surface area contributed by atoms with Gasteiger partial charge in [-0.25, -0.2) is 9.18 Å². The molecule has 4 nitrogen and oxygen atoms in total. The highest BCUT2D eigenvalue weighted by Crippen LogP contribution is 2.20. The predicted molar refractivity (Wildman–Crippen MR) is 98.3 cm³/mol. The number of hydrogen-bond donors (Lipinski definition) is 0. The summed E-state index contributed by atoms with van der Waals surface area (Å²) in [7, 11) is 0. The molecule has 3 aromatic rings. The number of aromatic nitrogens is 1. The highest BCUT2D eigenvalue weighted by Gasteiger charge is 2.18. The quantitative estimate of drug-likeness (QED) is 0.477. The lowest BCUT2D eigenvalue weighted by Gasteiger charge is -2.08. The minimum absolute atomic E-state index is 0.308. The topological polar surface area (TPSA) is 48.3 Å². The summed E-state index contributed by atoms with van der Waals surface area (Å²) in [5, 5.41) is 2.01. The van der Waals surface area contributed by atoms with Crippen molar-refractivity contribution in [2.45, 2.75) is 20.4 Å². The number of halogens is 1. The molecule has 1 aromatic carbocycles. The minimum atomic E-state index is -0.536. The molecule has 2 aromatic heterocycles. The fourth-order valence-corrected chi connectivity index (χ4v) is 3.43. The van der Waals surface area contributed by atoms with Crippen molar-refractivity contribution in [1.29, 1.82) is 0 Å². The van der Waals surface area contributed by atoms with Gasteiger partial charge in [-0.15, -0.1) is 11.3 Å². The Hall–Kier alpha value is -2.73. The van der Waals surface area contributed by atoms with E-state index < -0.39 is 11.8 Å². The second kappa shape index (κ2) is 7.66. The molecule has 0 bridgehead atoms. The van der Waals surface area contributed by atoms with Gasteiger partial charge in [-0.1, -0.05) is 6.07 Å². The van der Waals surface area contributed by atoms with E-state index in [1.807, 2.05) is 35.9 Å². The van der Waals surface area contributed by atoms with E-state index in [0.717, 1.165) is 11.4 Å². The van der Waals surface area contributed by atoms with Crippen molar-refractivity contribution in [2.75, 3.05) is 6.61 Å². The molecule has 0 spiro atoms. The number of aryl methyl sites for hydroxylation is 1. The Kier molecular flexibility index (Phi) is 5.32. The molecule has 26 heavy (non-hydrogen) atoms. The fourth-order valence-electron chi connectivity index (χ4n) is 2.74. The minimum Gasteiger partial charge on any atom is -0.454 e. The number of ether oxygens (including phenoxy) is 1. The lowest BCUT2D eigenvalue weighted by molar-refractivity contribution is 0.0474. The van der Waals surface area contributed by atoms with Gasteiger partial charge in [-0.05, 0) is 55.6 Å². The number of carbonyl (C=O) groups excluding carboxylic acids is 2. The Morgan fingerprint density at radius 1 is 1.15 bits per heavy atom. The standard InChI is InChI=1S/C20H18FNO3S/c1-13-10-18(14(2)22(13)11-17-4-3-9-26-17)20(24)25-12-19(23)15-5-7-16(21)8-6-15/h3-10H,11-12H2,1-2H3. The van der Waals surface area contributed by atoms with Gasteiger partial charge in [-0.2, -0.15) is 0 Å². The van der Waals surface area contributed by atoms with Gasteiger partial charge >= 0.3 is 5.97 Å². The van der Waals surface area contributed by atoms with Crippen LogP contribution in [0.25, 0.3) is 0 Å². The molecule has 0 N–H and O–H groups in total. The van der Waals surface area contributed by atoms with Crippen LogP contribution in [0.2, 0.25) is 0 Å². The van der Waals surface area contributed by atoms with Crippen molar-refractivity contribution in [3.8, 4) is 0 Å². The van der Waals surface area contributed by atoms with E-state index in [1.54, 1.807) is 17.4 Å². The van der Waals surface area contributed by atoms with E-state index in [9.17, 15) is 14.0 Å². The summed E-state index contributed by atoms with van der Waals surface area (Å²) in [6.07, 6.45) is 0. The van der Waals surface area contributed by atoms with Crippen molar-refractivity contribution < 1.29 is 18.7 Å². The smallest absolute Gasteiger partial charge is 0.340 e. The van der Waals surface area contributed by atoms with Crippen molar-refractivity contribution in [1.82, 2.24) is 4.57 Å². The molecule has 6 heteroatoms. The molecule has 0 saturated carbocycles. The number of hydrogen-bond acceptors (Lipinski definition) is 4. The normalized spacial score (nSPS) is 10.7. The van der Waals surface area contributed by atoms with Crippen LogP contribution in [0.5, 0.6) is 0 Å². The van der Waals surface area contributed by atoms with Crippen LogP contribution in [-0.2, 0) is 11.3 Å². The van der Waals surface area contributed by atoms with E-state index >= 15 is 0 Å². The molecule has 0 atom stereocenters. The third-order valence-electron chi connectivity index (χ3n) is 4.19. The zero-order valence-electron chi connectivity index (χ0n) is 14.5. The summed E-state index contributed by atoms with van der Waals surface area (Å²) in [5.41, 5.74) is 2.51. The average Bonchev–Trinajstić information content (AvgIpc) is 3.24. The molecule has 0 amide bonds. The summed E-state index contributed by atoms with van der Waals surface area (Å²) in [6.45, 7) is 4.11. The molecular formula is C20H18FNO3S. The van der Waals surface area contributed by atoms with Gasteiger partial charge in [0.05, 0.1) is 12.1 Å². The van der Waals surface area contributed by atoms with Gasteiger partial charge in [0.1, 0.15) is 5.82 Å². The van der Waals surface area contributed by atoms with E-state index in [0.29, 0.717) is 17.7 Å². The molecule has 0 saturated heterocycles. The van der Waals surface area contributed by atoms with Crippen molar-refractivity contribution in [3.05, 3.63) is 81.1 Å². The first kappa shape index (κ1) is 18.1. The number of rotatable bonds is 6. The maximum Gasteiger partial charge on any atom is 0.340 e. The Bertz CT molecular complexity index is 927. The van der Waals surface area contributed by atoms with Crippen LogP contribution >= 0.6 is 11.3 Å². The Morgan fingerprint density at radius 2 is 1.88 bits per heavy atom. The molecule has 2 heterocycles. The zero-order valence-corrected chi connectivity index (χ0v) is 15.3. The highest BCUT2D eigenvalue weighted by molar-refractivity contribution is 7.09.